The lowest BCUT2D eigenvalue weighted by molar-refractivity contribution is -0.127. The molecule has 1 saturated heterocycles. The number of alkyl carbamates (subject to hydrolysis) is 1. The molecule has 1 aliphatic heterocycles. The minimum absolute atomic E-state index is 0.0152. The van der Waals surface area contributed by atoms with Crippen molar-refractivity contribution in [2.75, 3.05) is 19.6 Å². The quantitative estimate of drug-likeness (QED) is 0.796. The van der Waals surface area contributed by atoms with Gasteiger partial charge in [-0.25, -0.2) is 4.79 Å². The normalized spacial score (nSPS) is 16.9. The predicted molar refractivity (Wildman–Crippen MR) is 73.7 cm³/mol. The third-order valence-corrected chi connectivity index (χ3v) is 3.03. The predicted octanol–water partition coefficient (Wildman–Crippen LogP) is 1.94. The summed E-state index contributed by atoms with van der Waals surface area (Å²) in [6.45, 7) is 11.1. The summed E-state index contributed by atoms with van der Waals surface area (Å²) in [5.74, 6) is 0.389. The standard InChI is InChI=1S/C14H24N2O3/c1-5-12(17)16-8-6-11(7-9-16)10-15-13(18)19-14(2,3)4/h5,11H,1,6-10H2,2-4H3,(H,15,18). The number of ether oxygens (including phenoxy) is 1. The van der Waals surface area contributed by atoms with Gasteiger partial charge in [0, 0.05) is 19.6 Å². The van der Waals surface area contributed by atoms with Crippen molar-refractivity contribution in [3.63, 3.8) is 0 Å². The highest BCUT2D eigenvalue weighted by atomic mass is 16.6. The Morgan fingerprint density at radius 2 is 1.95 bits per heavy atom. The van der Waals surface area contributed by atoms with E-state index in [-0.39, 0.29) is 12.0 Å². The molecule has 2 amide bonds. The number of piperidine rings is 1. The second kappa shape index (κ2) is 6.59. The fourth-order valence-corrected chi connectivity index (χ4v) is 2.03. The highest BCUT2D eigenvalue weighted by molar-refractivity contribution is 5.87. The van der Waals surface area contributed by atoms with Gasteiger partial charge in [-0.3, -0.25) is 4.79 Å². The van der Waals surface area contributed by atoms with Crippen LogP contribution in [0.5, 0.6) is 0 Å². The van der Waals surface area contributed by atoms with Crippen LogP contribution >= 0.6 is 0 Å². The number of hydrogen-bond acceptors (Lipinski definition) is 3. The van der Waals surface area contributed by atoms with Crippen LogP contribution in [0.4, 0.5) is 4.79 Å². The summed E-state index contributed by atoms with van der Waals surface area (Å²) >= 11 is 0. The van der Waals surface area contributed by atoms with Gasteiger partial charge in [0.1, 0.15) is 5.60 Å². The Kier molecular flexibility index (Phi) is 5.39. The van der Waals surface area contributed by atoms with Crippen molar-refractivity contribution in [3.8, 4) is 0 Å². The van der Waals surface area contributed by atoms with Crippen LogP contribution in [0.25, 0.3) is 0 Å². The zero-order valence-electron chi connectivity index (χ0n) is 12.1. The topological polar surface area (TPSA) is 58.6 Å². The van der Waals surface area contributed by atoms with Crippen LogP contribution in [0.2, 0.25) is 0 Å². The third kappa shape index (κ3) is 5.77. The zero-order valence-corrected chi connectivity index (χ0v) is 12.1. The molecule has 0 bridgehead atoms. The van der Waals surface area contributed by atoms with Crippen molar-refractivity contribution < 1.29 is 14.3 Å². The first-order chi connectivity index (χ1) is 8.81. The molecule has 5 heteroatoms. The highest BCUT2D eigenvalue weighted by Gasteiger charge is 2.22. The molecule has 1 aliphatic rings. The van der Waals surface area contributed by atoms with Gasteiger partial charge in [0.15, 0.2) is 0 Å². The van der Waals surface area contributed by atoms with Gasteiger partial charge < -0.3 is 15.0 Å². The molecule has 0 aromatic rings. The molecule has 0 aliphatic carbocycles. The van der Waals surface area contributed by atoms with Crippen molar-refractivity contribution in [1.82, 2.24) is 10.2 Å². The molecular weight excluding hydrogens is 244 g/mol. The second-order valence-corrected chi connectivity index (χ2v) is 5.86. The van der Waals surface area contributed by atoms with Crippen LogP contribution in [0.1, 0.15) is 33.6 Å². The molecule has 1 N–H and O–H groups in total. The smallest absolute Gasteiger partial charge is 0.407 e. The molecule has 19 heavy (non-hydrogen) atoms. The van der Waals surface area contributed by atoms with Gasteiger partial charge in [-0.05, 0) is 45.6 Å². The van der Waals surface area contributed by atoms with E-state index in [1.807, 2.05) is 20.8 Å². The Balaban J connectivity index is 2.25. The van der Waals surface area contributed by atoms with E-state index in [4.69, 9.17) is 4.74 Å². The summed E-state index contributed by atoms with van der Waals surface area (Å²) in [4.78, 5) is 24.7. The maximum absolute atomic E-state index is 11.5. The van der Waals surface area contributed by atoms with Crippen LogP contribution in [0.3, 0.4) is 0 Å². The van der Waals surface area contributed by atoms with Crippen LogP contribution in [0.15, 0.2) is 12.7 Å². The Morgan fingerprint density at radius 3 is 2.42 bits per heavy atom. The minimum Gasteiger partial charge on any atom is -0.444 e. The minimum atomic E-state index is -0.468. The molecule has 0 spiro atoms. The lowest BCUT2D eigenvalue weighted by atomic mass is 9.97. The van der Waals surface area contributed by atoms with Crippen molar-refractivity contribution in [3.05, 3.63) is 12.7 Å². The molecule has 0 saturated carbocycles. The van der Waals surface area contributed by atoms with Crippen molar-refractivity contribution in [1.29, 1.82) is 0 Å². The number of rotatable bonds is 3. The summed E-state index contributed by atoms with van der Waals surface area (Å²) in [7, 11) is 0. The molecule has 0 aromatic carbocycles. The number of likely N-dealkylation sites (tertiary alicyclic amines) is 1. The molecule has 0 unspecified atom stereocenters. The van der Waals surface area contributed by atoms with Crippen LogP contribution in [-0.2, 0) is 9.53 Å². The van der Waals surface area contributed by atoms with E-state index in [1.54, 1.807) is 4.90 Å². The Morgan fingerprint density at radius 1 is 1.37 bits per heavy atom. The lowest BCUT2D eigenvalue weighted by Crippen LogP contribution is -2.41. The molecule has 5 nitrogen and oxygen atoms in total. The summed E-state index contributed by atoms with van der Waals surface area (Å²) < 4.78 is 5.18. The van der Waals surface area contributed by atoms with E-state index in [9.17, 15) is 9.59 Å². The number of carbonyl (C=O) groups is 2. The number of nitrogens with one attached hydrogen (secondary N) is 1. The fourth-order valence-electron chi connectivity index (χ4n) is 2.03. The summed E-state index contributed by atoms with van der Waals surface area (Å²) in [6, 6.07) is 0. The Hall–Kier alpha value is -1.52. The summed E-state index contributed by atoms with van der Waals surface area (Å²) in [5, 5.41) is 2.78. The molecule has 1 fully saturated rings. The van der Waals surface area contributed by atoms with Gasteiger partial charge in [0.2, 0.25) is 5.91 Å². The molecule has 1 heterocycles. The molecular formula is C14H24N2O3. The molecule has 0 atom stereocenters. The summed E-state index contributed by atoms with van der Waals surface area (Å²) in [6.07, 6.45) is 2.77. The van der Waals surface area contributed by atoms with E-state index in [2.05, 4.69) is 11.9 Å². The van der Waals surface area contributed by atoms with Crippen LogP contribution < -0.4 is 5.32 Å². The number of hydrogen-bond donors (Lipinski definition) is 1. The molecule has 108 valence electrons. The number of nitrogens with zero attached hydrogens (tertiary/aromatic N) is 1. The maximum Gasteiger partial charge on any atom is 0.407 e. The number of carbonyl (C=O) groups excluding carboxylic acids is 2. The highest BCUT2D eigenvalue weighted by Crippen LogP contribution is 2.16. The first kappa shape index (κ1) is 15.5. The van der Waals surface area contributed by atoms with E-state index in [1.165, 1.54) is 6.08 Å². The SMILES string of the molecule is C=CC(=O)N1CCC(CNC(=O)OC(C)(C)C)CC1. The molecule has 0 aromatic heterocycles. The molecule has 1 rings (SSSR count). The Bertz CT molecular complexity index is 339. The van der Waals surface area contributed by atoms with Crippen LogP contribution in [-0.4, -0.2) is 42.1 Å². The maximum atomic E-state index is 11.5. The van der Waals surface area contributed by atoms with Gasteiger partial charge in [-0.15, -0.1) is 0 Å². The average molecular weight is 268 g/mol. The van der Waals surface area contributed by atoms with Crippen molar-refractivity contribution in [2.24, 2.45) is 5.92 Å². The molecule has 0 radical (unpaired) electrons. The van der Waals surface area contributed by atoms with Gasteiger partial charge in [0.25, 0.3) is 0 Å². The van der Waals surface area contributed by atoms with E-state index < -0.39 is 5.60 Å². The first-order valence-electron chi connectivity index (χ1n) is 6.70. The van der Waals surface area contributed by atoms with Crippen LogP contribution in [0, 0.1) is 5.92 Å². The van der Waals surface area contributed by atoms with Gasteiger partial charge in [0.05, 0.1) is 0 Å². The van der Waals surface area contributed by atoms with Gasteiger partial charge in [-0.2, -0.15) is 0 Å². The van der Waals surface area contributed by atoms with E-state index in [0.717, 1.165) is 25.9 Å². The van der Waals surface area contributed by atoms with Crippen molar-refractivity contribution in [2.45, 2.75) is 39.2 Å². The monoisotopic (exact) mass is 268 g/mol. The van der Waals surface area contributed by atoms with Gasteiger partial charge >= 0.3 is 6.09 Å². The van der Waals surface area contributed by atoms with Gasteiger partial charge in [-0.1, -0.05) is 6.58 Å². The summed E-state index contributed by atoms with van der Waals surface area (Å²) in [5.41, 5.74) is -0.468. The van der Waals surface area contributed by atoms with Crippen molar-refractivity contribution >= 4 is 12.0 Å². The third-order valence-electron chi connectivity index (χ3n) is 3.03. The largest absolute Gasteiger partial charge is 0.444 e. The lowest BCUT2D eigenvalue weighted by Gasteiger charge is -2.31. The fraction of sp³-hybridized carbons (Fsp3) is 0.714. The first-order valence-corrected chi connectivity index (χ1v) is 6.70. The average Bonchev–Trinajstić information content (AvgIpc) is 2.34. The number of amides is 2. The zero-order chi connectivity index (χ0) is 14.5. The Labute approximate surface area is 115 Å². The van der Waals surface area contributed by atoms with E-state index >= 15 is 0 Å². The second-order valence-electron chi connectivity index (χ2n) is 5.86. The van der Waals surface area contributed by atoms with E-state index in [0.29, 0.717) is 12.5 Å².